The molecule has 4 bridgehead atoms. The average molecular weight is 554 g/mol. The standard InChI is InChI=1S/C28H33BrN4O3/c1-17-16-32(27(35)19-5-7-22(29)8-6-19)9-10-33(17)24-4-2-3-23(30-24)26(34)31-25-20-11-18-12-21(25)15-28(36,13-18)14-20/h2-8,17-18,20-21,25,36H,9-16H2,1H3,(H,31,34). The third-order valence-electron chi connectivity index (χ3n) is 8.81. The first-order chi connectivity index (χ1) is 17.3. The maximum Gasteiger partial charge on any atom is 0.270 e. The highest BCUT2D eigenvalue weighted by Crippen LogP contribution is 2.55. The molecule has 8 heteroatoms. The lowest BCUT2D eigenvalue weighted by Gasteiger charge is -2.58. The van der Waals surface area contributed by atoms with E-state index < -0.39 is 5.60 Å². The van der Waals surface area contributed by atoms with Crippen molar-refractivity contribution in [3.05, 3.63) is 58.2 Å². The van der Waals surface area contributed by atoms with Gasteiger partial charge in [0.1, 0.15) is 11.5 Å². The number of benzene rings is 1. The van der Waals surface area contributed by atoms with Gasteiger partial charge in [-0.2, -0.15) is 0 Å². The van der Waals surface area contributed by atoms with E-state index >= 15 is 0 Å². The molecule has 5 fully saturated rings. The van der Waals surface area contributed by atoms with E-state index in [1.54, 1.807) is 6.07 Å². The number of aromatic nitrogens is 1. The molecule has 3 unspecified atom stereocenters. The Morgan fingerprint density at radius 1 is 1.06 bits per heavy atom. The van der Waals surface area contributed by atoms with Gasteiger partial charge in [-0.05, 0) is 93.2 Å². The molecule has 1 aromatic carbocycles. The van der Waals surface area contributed by atoms with Gasteiger partial charge in [-0.25, -0.2) is 4.98 Å². The van der Waals surface area contributed by atoms with E-state index in [4.69, 9.17) is 4.98 Å². The molecule has 1 aromatic heterocycles. The first-order valence-corrected chi connectivity index (χ1v) is 13.9. The third-order valence-corrected chi connectivity index (χ3v) is 9.33. The Hall–Kier alpha value is -2.45. The van der Waals surface area contributed by atoms with E-state index in [2.05, 4.69) is 33.1 Å². The van der Waals surface area contributed by atoms with Crippen LogP contribution in [0, 0.1) is 17.8 Å². The Morgan fingerprint density at radius 3 is 2.44 bits per heavy atom. The molecule has 2 amide bonds. The van der Waals surface area contributed by atoms with Crippen molar-refractivity contribution in [2.75, 3.05) is 24.5 Å². The number of nitrogens with zero attached hydrogens (tertiary/aromatic N) is 3. The van der Waals surface area contributed by atoms with Crippen LogP contribution in [-0.4, -0.2) is 64.1 Å². The maximum atomic E-state index is 13.2. The SMILES string of the molecule is CC1CN(C(=O)c2ccc(Br)cc2)CCN1c1cccc(C(=O)NC2C3CC4CC2CC(O)(C4)C3)n1. The van der Waals surface area contributed by atoms with Gasteiger partial charge in [-0.3, -0.25) is 9.59 Å². The number of rotatable bonds is 4. The van der Waals surface area contributed by atoms with Gasteiger partial charge in [0.15, 0.2) is 0 Å². The molecule has 36 heavy (non-hydrogen) atoms. The maximum absolute atomic E-state index is 13.2. The summed E-state index contributed by atoms with van der Waals surface area (Å²) in [7, 11) is 0. The van der Waals surface area contributed by atoms with Crippen LogP contribution in [0.25, 0.3) is 0 Å². The summed E-state index contributed by atoms with van der Waals surface area (Å²) in [5, 5.41) is 14.1. The highest BCUT2D eigenvalue weighted by Gasteiger charge is 2.55. The van der Waals surface area contributed by atoms with Crippen LogP contribution < -0.4 is 10.2 Å². The van der Waals surface area contributed by atoms with Gasteiger partial charge in [-0.15, -0.1) is 0 Å². The molecule has 1 aliphatic heterocycles. The zero-order valence-corrected chi connectivity index (χ0v) is 22.2. The van der Waals surface area contributed by atoms with Gasteiger partial charge >= 0.3 is 0 Å². The fourth-order valence-corrected chi connectivity index (χ4v) is 7.67. The molecule has 0 spiro atoms. The Morgan fingerprint density at radius 2 is 1.78 bits per heavy atom. The minimum Gasteiger partial charge on any atom is -0.390 e. The van der Waals surface area contributed by atoms with Crippen LogP contribution >= 0.6 is 15.9 Å². The van der Waals surface area contributed by atoms with Gasteiger partial charge in [-0.1, -0.05) is 22.0 Å². The fourth-order valence-electron chi connectivity index (χ4n) is 7.41. The van der Waals surface area contributed by atoms with Crippen molar-refractivity contribution in [1.29, 1.82) is 0 Å². The summed E-state index contributed by atoms with van der Waals surface area (Å²) in [6, 6.07) is 13.3. The van der Waals surface area contributed by atoms with Gasteiger partial charge < -0.3 is 20.2 Å². The lowest BCUT2D eigenvalue weighted by atomic mass is 9.52. The average Bonchev–Trinajstić information content (AvgIpc) is 2.85. The molecule has 3 atom stereocenters. The van der Waals surface area contributed by atoms with Crippen molar-refractivity contribution >= 4 is 33.6 Å². The van der Waals surface area contributed by atoms with Crippen LogP contribution in [0.3, 0.4) is 0 Å². The summed E-state index contributed by atoms with van der Waals surface area (Å²) in [6.07, 6.45) is 4.76. The molecule has 7 rings (SSSR count). The highest BCUT2D eigenvalue weighted by atomic mass is 79.9. The fraction of sp³-hybridized carbons (Fsp3) is 0.536. The first-order valence-electron chi connectivity index (χ1n) is 13.1. The summed E-state index contributed by atoms with van der Waals surface area (Å²) in [6.45, 7) is 3.96. The number of hydrogen-bond acceptors (Lipinski definition) is 5. The minimum absolute atomic E-state index is 0.0374. The van der Waals surface area contributed by atoms with Crippen LogP contribution in [0.2, 0.25) is 0 Å². The van der Waals surface area contributed by atoms with Crippen LogP contribution in [-0.2, 0) is 0 Å². The second kappa shape index (κ2) is 9.14. The first kappa shape index (κ1) is 23.9. The number of hydrogen-bond donors (Lipinski definition) is 2. The molecule has 190 valence electrons. The van der Waals surface area contributed by atoms with E-state index in [0.29, 0.717) is 48.6 Å². The molecular weight excluding hydrogens is 520 g/mol. The lowest BCUT2D eigenvalue weighted by Crippen LogP contribution is -2.61. The van der Waals surface area contributed by atoms with E-state index in [9.17, 15) is 14.7 Å². The van der Waals surface area contributed by atoms with Crippen LogP contribution in [0.5, 0.6) is 0 Å². The molecule has 2 N–H and O–H groups in total. The smallest absolute Gasteiger partial charge is 0.270 e. The highest BCUT2D eigenvalue weighted by molar-refractivity contribution is 9.10. The third kappa shape index (κ3) is 4.43. The number of carbonyl (C=O) groups is 2. The van der Waals surface area contributed by atoms with E-state index in [1.807, 2.05) is 41.3 Å². The normalized spacial score (nSPS) is 33.0. The largest absolute Gasteiger partial charge is 0.390 e. The van der Waals surface area contributed by atoms with E-state index in [-0.39, 0.29) is 23.9 Å². The lowest BCUT2D eigenvalue weighted by molar-refractivity contribution is -0.136. The molecule has 0 radical (unpaired) electrons. The van der Waals surface area contributed by atoms with Gasteiger partial charge in [0.2, 0.25) is 0 Å². The van der Waals surface area contributed by atoms with E-state index in [0.717, 1.165) is 42.4 Å². The van der Waals surface area contributed by atoms with Gasteiger partial charge in [0.05, 0.1) is 5.60 Å². The second-order valence-electron chi connectivity index (χ2n) is 11.4. The molecule has 4 aliphatic carbocycles. The summed E-state index contributed by atoms with van der Waals surface area (Å²) in [4.78, 5) is 35.0. The molecule has 1 saturated heterocycles. The Labute approximate surface area is 220 Å². The Balaban J connectivity index is 1.11. The monoisotopic (exact) mass is 552 g/mol. The predicted octanol–water partition coefficient (Wildman–Crippen LogP) is 3.86. The Kier molecular flexibility index (Phi) is 6.07. The number of piperazine rings is 1. The van der Waals surface area contributed by atoms with Crippen molar-refractivity contribution in [1.82, 2.24) is 15.2 Å². The van der Waals surface area contributed by atoms with Crippen LogP contribution in [0.15, 0.2) is 46.9 Å². The summed E-state index contributed by atoms with van der Waals surface area (Å²) < 4.78 is 0.952. The molecule has 2 aromatic rings. The molecule has 7 nitrogen and oxygen atoms in total. The minimum atomic E-state index is -0.507. The predicted molar refractivity (Wildman–Crippen MR) is 141 cm³/mol. The molecule has 5 aliphatic rings. The number of anilines is 1. The number of amides is 2. The van der Waals surface area contributed by atoms with Crippen molar-refractivity contribution in [2.45, 2.75) is 56.7 Å². The van der Waals surface area contributed by atoms with Gasteiger partial charge in [0.25, 0.3) is 11.8 Å². The number of pyridine rings is 1. The van der Waals surface area contributed by atoms with Crippen molar-refractivity contribution in [3.8, 4) is 0 Å². The van der Waals surface area contributed by atoms with Crippen molar-refractivity contribution in [3.63, 3.8) is 0 Å². The van der Waals surface area contributed by atoms with Crippen molar-refractivity contribution in [2.24, 2.45) is 17.8 Å². The number of carbonyl (C=O) groups excluding carboxylic acids is 2. The zero-order chi connectivity index (χ0) is 25.0. The van der Waals surface area contributed by atoms with Crippen LogP contribution in [0.1, 0.15) is 59.9 Å². The molecular formula is C28H33BrN4O3. The quantitative estimate of drug-likeness (QED) is 0.601. The second-order valence-corrected chi connectivity index (χ2v) is 12.3. The summed E-state index contributed by atoms with van der Waals surface area (Å²) >= 11 is 3.42. The number of halogens is 1. The summed E-state index contributed by atoms with van der Waals surface area (Å²) in [5.74, 6) is 2.02. The number of aliphatic hydroxyl groups is 1. The number of nitrogens with one attached hydrogen (secondary N) is 1. The molecule has 2 heterocycles. The molecule has 4 saturated carbocycles. The topological polar surface area (TPSA) is 85.8 Å². The van der Waals surface area contributed by atoms with Crippen LogP contribution in [0.4, 0.5) is 5.82 Å². The van der Waals surface area contributed by atoms with Gasteiger partial charge in [0, 0.05) is 41.8 Å². The Bertz CT molecular complexity index is 1160. The van der Waals surface area contributed by atoms with E-state index in [1.165, 1.54) is 0 Å². The zero-order valence-electron chi connectivity index (χ0n) is 20.6. The van der Waals surface area contributed by atoms with Crippen molar-refractivity contribution < 1.29 is 14.7 Å². The summed E-state index contributed by atoms with van der Waals surface area (Å²) in [5.41, 5.74) is 0.612.